The molecule has 108 valence electrons. The Morgan fingerprint density at radius 3 is 2.16 bits per heavy atom. The normalized spacial score (nSPS) is 26.2. The number of carbonyl (C=O) groups is 3. The van der Waals surface area contributed by atoms with Crippen molar-refractivity contribution in [2.75, 3.05) is 13.2 Å². The maximum atomic E-state index is 11.9. The summed E-state index contributed by atoms with van der Waals surface area (Å²) in [7, 11) is 0. The van der Waals surface area contributed by atoms with Crippen LogP contribution in [0.3, 0.4) is 0 Å². The lowest BCUT2D eigenvalue weighted by molar-refractivity contribution is -0.153. The van der Waals surface area contributed by atoms with Crippen LogP contribution in [-0.4, -0.2) is 37.1 Å². The van der Waals surface area contributed by atoms with Gasteiger partial charge in [-0.3, -0.25) is 9.59 Å². The van der Waals surface area contributed by atoms with E-state index in [-0.39, 0.29) is 19.1 Å². The van der Waals surface area contributed by atoms with Crippen molar-refractivity contribution >= 4 is 17.8 Å². The zero-order valence-corrected chi connectivity index (χ0v) is 11.8. The summed E-state index contributed by atoms with van der Waals surface area (Å²) in [5, 5.41) is 2.54. The number of nitrogens with one attached hydrogen (secondary N) is 1. The summed E-state index contributed by atoms with van der Waals surface area (Å²) in [4.78, 5) is 35.6. The SMILES string of the molecule is CCOC(=O)[C@@H]1C(=O)N[C@@H](C(=O)OCC)[C@H]1C(C)C. The molecule has 0 unspecified atom stereocenters. The van der Waals surface area contributed by atoms with E-state index >= 15 is 0 Å². The van der Waals surface area contributed by atoms with Crippen molar-refractivity contribution in [3.05, 3.63) is 0 Å². The zero-order valence-electron chi connectivity index (χ0n) is 11.8. The van der Waals surface area contributed by atoms with Crippen LogP contribution in [-0.2, 0) is 23.9 Å². The largest absolute Gasteiger partial charge is 0.465 e. The van der Waals surface area contributed by atoms with E-state index in [1.54, 1.807) is 13.8 Å². The van der Waals surface area contributed by atoms with Crippen molar-refractivity contribution in [3.63, 3.8) is 0 Å². The molecule has 1 heterocycles. The molecule has 0 radical (unpaired) electrons. The molecule has 0 aromatic carbocycles. The van der Waals surface area contributed by atoms with E-state index in [0.29, 0.717) is 0 Å². The molecule has 0 bridgehead atoms. The number of amides is 1. The fraction of sp³-hybridized carbons (Fsp3) is 0.769. The molecule has 1 fully saturated rings. The fourth-order valence-corrected chi connectivity index (χ4v) is 2.42. The quantitative estimate of drug-likeness (QED) is 0.581. The van der Waals surface area contributed by atoms with Gasteiger partial charge in [-0.15, -0.1) is 0 Å². The average Bonchev–Trinajstić information content (AvgIpc) is 2.67. The molecule has 0 saturated carbocycles. The first-order valence-corrected chi connectivity index (χ1v) is 6.57. The number of rotatable bonds is 5. The molecule has 1 aliphatic rings. The predicted molar refractivity (Wildman–Crippen MR) is 67.0 cm³/mol. The topological polar surface area (TPSA) is 81.7 Å². The van der Waals surface area contributed by atoms with Crippen molar-refractivity contribution < 1.29 is 23.9 Å². The third-order valence-electron chi connectivity index (χ3n) is 3.20. The first-order valence-electron chi connectivity index (χ1n) is 6.57. The summed E-state index contributed by atoms with van der Waals surface area (Å²) in [6.07, 6.45) is 0. The van der Waals surface area contributed by atoms with E-state index < -0.39 is 35.7 Å². The van der Waals surface area contributed by atoms with Crippen LogP contribution in [0.1, 0.15) is 27.7 Å². The first-order chi connectivity index (χ1) is 8.93. The minimum absolute atomic E-state index is 0.0252. The highest BCUT2D eigenvalue weighted by atomic mass is 16.5. The van der Waals surface area contributed by atoms with Gasteiger partial charge in [-0.2, -0.15) is 0 Å². The Morgan fingerprint density at radius 1 is 1.16 bits per heavy atom. The first kappa shape index (κ1) is 15.5. The molecule has 0 aliphatic carbocycles. The van der Waals surface area contributed by atoms with Gasteiger partial charge >= 0.3 is 11.9 Å². The maximum absolute atomic E-state index is 11.9. The molecule has 1 amide bonds. The van der Waals surface area contributed by atoms with Crippen LogP contribution in [0.5, 0.6) is 0 Å². The van der Waals surface area contributed by atoms with Gasteiger partial charge < -0.3 is 14.8 Å². The molecule has 6 nitrogen and oxygen atoms in total. The van der Waals surface area contributed by atoms with Gasteiger partial charge in [-0.25, -0.2) is 4.79 Å². The highest BCUT2D eigenvalue weighted by Crippen LogP contribution is 2.32. The van der Waals surface area contributed by atoms with Crippen LogP contribution >= 0.6 is 0 Å². The summed E-state index contributed by atoms with van der Waals surface area (Å²) in [6.45, 7) is 7.55. The van der Waals surface area contributed by atoms with Gasteiger partial charge in [-0.05, 0) is 19.8 Å². The second kappa shape index (κ2) is 6.54. The van der Waals surface area contributed by atoms with Gasteiger partial charge in [0.25, 0.3) is 0 Å². The van der Waals surface area contributed by atoms with Gasteiger partial charge in [0.1, 0.15) is 12.0 Å². The van der Waals surface area contributed by atoms with E-state index in [2.05, 4.69) is 5.32 Å². The summed E-state index contributed by atoms with van der Waals surface area (Å²) in [5.74, 6) is -2.94. The van der Waals surface area contributed by atoms with Crippen molar-refractivity contribution in [3.8, 4) is 0 Å². The Hall–Kier alpha value is -1.59. The minimum atomic E-state index is -0.936. The van der Waals surface area contributed by atoms with Crippen molar-refractivity contribution in [2.45, 2.75) is 33.7 Å². The summed E-state index contributed by atoms with van der Waals surface area (Å²) < 4.78 is 9.85. The molecule has 1 N–H and O–H groups in total. The molecule has 1 saturated heterocycles. The van der Waals surface area contributed by atoms with Crippen LogP contribution < -0.4 is 5.32 Å². The summed E-state index contributed by atoms with van der Waals surface area (Å²) >= 11 is 0. The van der Waals surface area contributed by atoms with Crippen LogP contribution in [0, 0.1) is 17.8 Å². The van der Waals surface area contributed by atoms with Gasteiger partial charge in [0, 0.05) is 5.92 Å². The second-order valence-electron chi connectivity index (χ2n) is 4.79. The molecule has 0 spiro atoms. The van der Waals surface area contributed by atoms with Gasteiger partial charge in [0.15, 0.2) is 0 Å². The van der Waals surface area contributed by atoms with Gasteiger partial charge in [0.05, 0.1) is 13.2 Å². The number of hydrogen-bond donors (Lipinski definition) is 1. The van der Waals surface area contributed by atoms with E-state index in [1.165, 1.54) is 0 Å². The minimum Gasteiger partial charge on any atom is -0.465 e. The summed E-state index contributed by atoms with van der Waals surface area (Å²) in [5.41, 5.74) is 0. The third-order valence-corrected chi connectivity index (χ3v) is 3.20. The number of carbonyl (C=O) groups excluding carboxylic acids is 3. The molecule has 1 aliphatic heterocycles. The van der Waals surface area contributed by atoms with Gasteiger partial charge in [0.2, 0.25) is 5.91 Å². The molecular weight excluding hydrogens is 250 g/mol. The van der Waals surface area contributed by atoms with Crippen LogP contribution in [0.25, 0.3) is 0 Å². The summed E-state index contributed by atoms with van der Waals surface area (Å²) in [6, 6.07) is -0.776. The van der Waals surface area contributed by atoms with Crippen LogP contribution in [0.2, 0.25) is 0 Å². The highest BCUT2D eigenvalue weighted by Gasteiger charge is 2.51. The Morgan fingerprint density at radius 2 is 1.68 bits per heavy atom. The highest BCUT2D eigenvalue weighted by molar-refractivity contribution is 6.03. The van der Waals surface area contributed by atoms with Crippen LogP contribution in [0.4, 0.5) is 0 Å². The van der Waals surface area contributed by atoms with E-state index in [0.717, 1.165) is 0 Å². The van der Waals surface area contributed by atoms with E-state index in [9.17, 15) is 14.4 Å². The number of hydrogen-bond acceptors (Lipinski definition) is 5. The van der Waals surface area contributed by atoms with Crippen molar-refractivity contribution in [1.29, 1.82) is 0 Å². The Bertz CT molecular complexity index is 366. The zero-order chi connectivity index (χ0) is 14.6. The van der Waals surface area contributed by atoms with Crippen molar-refractivity contribution in [2.24, 2.45) is 17.8 Å². The molecular formula is C13H21NO5. The number of ether oxygens (including phenoxy) is 2. The van der Waals surface area contributed by atoms with Crippen molar-refractivity contribution in [1.82, 2.24) is 5.32 Å². The fourth-order valence-electron chi connectivity index (χ4n) is 2.42. The second-order valence-corrected chi connectivity index (χ2v) is 4.79. The van der Waals surface area contributed by atoms with Gasteiger partial charge in [-0.1, -0.05) is 13.8 Å². The molecule has 6 heteroatoms. The standard InChI is InChI=1S/C13H21NO5/c1-5-18-12(16)9-8(7(3)4)10(14-11(9)15)13(17)19-6-2/h7-10H,5-6H2,1-4H3,(H,14,15)/t8-,9-,10+/m0/s1. The smallest absolute Gasteiger partial charge is 0.328 e. The molecule has 3 atom stereocenters. The monoisotopic (exact) mass is 271 g/mol. The Labute approximate surface area is 112 Å². The lowest BCUT2D eigenvalue weighted by Crippen LogP contribution is -2.40. The van der Waals surface area contributed by atoms with Crippen LogP contribution in [0.15, 0.2) is 0 Å². The molecule has 0 aromatic rings. The molecule has 1 rings (SSSR count). The van der Waals surface area contributed by atoms with E-state index in [1.807, 2.05) is 13.8 Å². The molecule has 19 heavy (non-hydrogen) atoms. The maximum Gasteiger partial charge on any atom is 0.328 e. The average molecular weight is 271 g/mol. The lowest BCUT2D eigenvalue weighted by Gasteiger charge is -2.23. The predicted octanol–water partition coefficient (Wildman–Crippen LogP) is 0.499. The number of esters is 2. The third kappa shape index (κ3) is 3.24. The molecule has 0 aromatic heterocycles. The van der Waals surface area contributed by atoms with E-state index in [4.69, 9.17) is 9.47 Å². The Balaban J connectivity index is 2.96. The Kier molecular flexibility index (Phi) is 5.32. The lowest BCUT2D eigenvalue weighted by atomic mass is 9.81.